The maximum Gasteiger partial charge on any atom is 0.322 e. The number of halogens is 1. The van der Waals surface area contributed by atoms with Crippen molar-refractivity contribution in [2.75, 3.05) is 32.3 Å². The molecule has 0 fully saturated rings. The monoisotopic (exact) mass is 274 g/mol. The topological polar surface area (TPSA) is 60.4 Å². The van der Waals surface area contributed by atoms with Gasteiger partial charge in [0, 0.05) is 19.7 Å². The van der Waals surface area contributed by atoms with Gasteiger partial charge >= 0.3 is 6.01 Å². The Kier molecular flexibility index (Phi) is 6.07. The Morgan fingerprint density at radius 2 is 2.00 bits per heavy atom. The van der Waals surface area contributed by atoms with E-state index in [1.165, 1.54) is 7.11 Å². The van der Waals surface area contributed by atoms with Gasteiger partial charge in [0.05, 0.1) is 13.7 Å². The zero-order chi connectivity index (χ0) is 13.5. The normalized spacial score (nSPS) is 12.3. The average Bonchev–Trinajstić information content (AvgIpc) is 2.38. The minimum Gasteiger partial charge on any atom is -0.467 e. The summed E-state index contributed by atoms with van der Waals surface area (Å²) < 4.78 is 10.1. The van der Waals surface area contributed by atoms with E-state index in [9.17, 15) is 0 Å². The summed E-state index contributed by atoms with van der Waals surface area (Å²) in [5.41, 5.74) is 0. The number of anilines is 1. The number of ether oxygens (including phenoxy) is 2. The quantitative estimate of drug-likeness (QED) is 0.755. The van der Waals surface area contributed by atoms with Crippen LogP contribution in [0, 0.1) is 0 Å². The summed E-state index contributed by atoms with van der Waals surface area (Å²) in [6.07, 6.45) is 0.968. The molecule has 0 spiro atoms. The Labute approximate surface area is 112 Å². The molecular weight excluding hydrogens is 256 g/mol. The van der Waals surface area contributed by atoms with Crippen LogP contribution in [0.1, 0.15) is 20.3 Å². The van der Waals surface area contributed by atoms with Gasteiger partial charge in [-0.25, -0.2) is 0 Å². The van der Waals surface area contributed by atoms with Crippen LogP contribution < -0.4 is 9.64 Å². The molecule has 0 saturated carbocycles. The van der Waals surface area contributed by atoms with Crippen molar-refractivity contribution in [3.63, 3.8) is 0 Å². The number of hydrogen-bond donors (Lipinski definition) is 0. The second-order valence-electron chi connectivity index (χ2n) is 3.83. The first kappa shape index (κ1) is 14.9. The van der Waals surface area contributed by atoms with Gasteiger partial charge in [-0.15, -0.1) is 0 Å². The third-order valence-electron chi connectivity index (χ3n) is 2.67. The minimum absolute atomic E-state index is 0.127. The summed E-state index contributed by atoms with van der Waals surface area (Å²) in [5.74, 6) is 0.512. The Hall–Kier alpha value is -1.14. The van der Waals surface area contributed by atoms with Crippen LogP contribution in [0.25, 0.3) is 0 Å². The van der Waals surface area contributed by atoms with E-state index in [1.54, 1.807) is 7.11 Å². The van der Waals surface area contributed by atoms with Gasteiger partial charge in [-0.1, -0.05) is 6.92 Å². The van der Waals surface area contributed by atoms with Gasteiger partial charge in [0.2, 0.25) is 11.2 Å². The molecule has 0 aliphatic carbocycles. The first-order valence-corrected chi connectivity index (χ1v) is 6.21. The van der Waals surface area contributed by atoms with Crippen molar-refractivity contribution in [3.8, 4) is 6.01 Å². The summed E-state index contributed by atoms with van der Waals surface area (Å²) in [4.78, 5) is 14.2. The highest BCUT2D eigenvalue weighted by Crippen LogP contribution is 2.18. The summed E-state index contributed by atoms with van der Waals surface area (Å²) in [5, 5.41) is 0.127. The van der Waals surface area contributed by atoms with E-state index in [0.29, 0.717) is 19.1 Å². The van der Waals surface area contributed by atoms with Gasteiger partial charge in [-0.2, -0.15) is 15.0 Å². The molecule has 0 aliphatic heterocycles. The number of rotatable bonds is 7. The summed E-state index contributed by atoms with van der Waals surface area (Å²) >= 11 is 5.85. The van der Waals surface area contributed by atoms with Crippen LogP contribution in [-0.2, 0) is 4.74 Å². The number of methoxy groups -OCH3 is 2. The molecule has 0 N–H and O–H groups in total. The van der Waals surface area contributed by atoms with Crippen molar-refractivity contribution in [2.24, 2.45) is 0 Å². The van der Waals surface area contributed by atoms with Crippen molar-refractivity contribution in [1.29, 1.82) is 0 Å². The minimum atomic E-state index is 0.127. The van der Waals surface area contributed by atoms with Gasteiger partial charge in [-0.3, -0.25) is 0 Å². The lowest BCUT2D eigenvalue weighted by Gasteiger charge is -2.28. The molecule has 1 unspecified atom stereocenters. The Balaban J connectivity index is 2.99. The molecule has 0 bridgehead atoms. The molecule has 1 aromatic rings. The second-order valence-corrected chi connectivity index (χ2v) is 4.17. The van der Waals surface area contributed by atoms with Gasteiger partial charge in [-0.05, 0) is 24.9 Å². The largest absolute Gasteiger partial charge is 0.467 e. The number of nitrogens with zero attached hydrogens (tertiary/aromatic N) is 4. The smallest absolute Gasteiger partial charge is 0.322 e. The van der Waals surface area contributed by atoms with Crippen LogP contribution in [0.2, 0.25) is 5.28 Å². The van der Waals surface area contributed by atoms with Crippen LogP contribution in [0.4, 0.5) is 5.95 Å². The fourth-order valence-electron chi connectivity index (χ4n) is 1.47. The molecule has 18 heavy (non-hydrogen) atoms. The molecule has 1 rings (SSSR count). The highest BCUT2D eigenvalue weighted by Gasteiger charge is 2.17. The fraction of sp³-hybridized carbons (Fsp3) is 0.727. The molecule has 0 aromatic carbocycles. The molecule has 0 saturated heterocycles. The third kappa shape index (κ3) is 3.96. The van der Waals surface area contributed by atoms with E-state index in [1.807, 2.05) is 4.90 Å². The molecule has 6 nitrogen and oxygen atoms in total. The van der Waals surface area contributed by atoms with E-state index < -0.39 is 0 Å². The highest BCUT2D eigenvalue weighted by atomic mass is 35.5. The molecule has 1 aromatic heterocycles. The molecule has 1 atom stereocenters. The zero-order valence-corrected chi connectivity index (χ0v) is 11.9. The van der Waals surface area contributed by atoms with Crippen LogP contribution in [0.15, 0.2) is 0 Å². The molecule has 0 amide bonds. The molecule has 1 heterocycles. The van der Waals surface area contributed by atoms with E-state index in [4.69, 9.17) is 21.1 Å². The lowest BCUT2D eigenvalue weighted by Crippen LogP contribution is -2.37. The van der Waals surface area contributed by atoms with Crippen molar-refractivity contribution in [3.05, 3.63) is 5.28 Å². The summed E-state index contributed by atoms with van der Waals surface area (Å²) in [7, 11) is 3.16. The van der Waals surface area contributed by atoms with Crippen molar-refractivity contribution < 1.29 is 9.47 Å². The molecule has 102 valence electrons. The van der Waals surface area contributed by atoms with E-state index in [2.05, 4.69) is 28.8 Å². The van der Waals surface area contributed by atoms with E-state index >= 15 is 0 Å². The number of hydrogen-bond acceptors (Lipinski definition) is 6. The molecular formula is C11H19ClN4O2. The van der Waals surface area contributed by atoms with Gasteiger partial charge in [0.15, 0.2) is 0 Å². The summed E-state index contributed by atoms with van der Waals surface area (Å²) in [6.45, 7) is 5.48. The molecule has 7 heteroatoms. The first-order chi connectivity index (χ1) is 8.62. The average molecular weight is 275 g/mol. The Bertz CT molecular complexity index is 378. The van der Waals surface area contributed by atoms with E-state index in [0.717, 1.165) is 6.42 Å². The van der Waals surface area contributed by atoms with Crippen molar-refractivity contribution in [1.82, 2.24) is 15.0 Å². The maximum atomic E-state index is 5.85. The fourth-order valence-corrected chi connectivity index (χ4v) is 1.62. The Morgan fingerprint density at radius 3 is 2.56 bits per heavy atom. The van der Waals surface area contributed by atoms with Crippen molar-refractivity contribution in [2.45, 2.75) is 26.3 Å². The van der Waals surface area contributed by atoms with Crippen LogP contribution in [0.5, 0.6) is 6.01 Å². The lowest BCUT2D eigenvalue weighted by atomic mass is 10.2. The highest BCUT2D eigenvalue weighted by molar-refractivity contribution is 6.28. The predicted octanol–water partition coefficient (Wildman–Crippen LogP) is 1.78. The predicted molar refractivity (Wildman–Crippen MR) is 70.4 cm³/mol. The van der Waals surface area contributed by atoms with Crippen LogP contribution in [-0.4, -0.2) is 48.4 Å². The molecule has 0 aliphatic rings. The van der Waals surface area contributed by atoms with Crippen LogP contribution in [0.3, 0.4) is 0 Å². The van der Waals surface area contributed by atoms with Crippen molar-refractivity contribution >= 4 is 17.5 Å². The lowest BCUT2D eigenvalue weighted by molar-refractivity contribution is 0.202. The van der Waals surface area contributed by atoms with Gasteiger partial charge < -0.3 is 14.4 Å². The molecule has 0 radical (unpaired) electrons. The second kappa shape index (κ2) is 7.33. The van der Waals surface area contributed by atoms with Gasteiger partial charge in [0.1, 0.15) is 0 Å². The SMILES string of the molecule is CCC(C)N(CCOC)c1nc(Cl)nc(OC)n1. The first-order valence-electron chi connectivity index (χ1n) is 5.83. The standard InChI is InChI=1S/C11H19ClN4O2/c1-5-8(2)16(6-7-17-3)10-13-9(12)14-11(15-10)18-4/h8H,5-7H2,1-4H3. The maximum absolute atomic E-state index is 5.85. The third-order valence-corrected chi connectivity index (χ3v) is 2.84. The zero-order valence-electron chi connectivity index (χ0n) is 11.2. The van der Waals surface area contributed by atoms with Crippen LogP contribution >= 0.6 is 11.6 Å². The van der Waals surface area contributed by atoms with Gasteiger partial charge in [0.25, 0.3) is 0 Å². The summed E-state index contributed by atoms with van der Waals surface area (Å²) in [6, 6.07) is 0.499. The van der Waals surface area contributed by atoms with E-state index in [-0.39, 0.29) is 17.3 Å². The Morgan fingerprint density at radius 1 is 1.28 bits per heavy atom. The number of aromatic nitrogens is 3.